The number of halogens is 3. The highest BCUT2D eigenvalue weighted by Crippen LogP contribution is 2.28. The smallest absolute Gasteiger partial charge is 0.264 e. The van der Waals surface area contributed by atoms with Crippen molar-refractivity contribution in [3.05, 3.63) is 124 Å². The minimum absolute atomic E-state index is 0.0848. The third kappa shape index (κ3) is 9.71. The van der Waals surface area contributed by atoms with Gasteiger partial charge < -0.3 is 15.0 Å². The molecular weight excluding hydrogens is 676 g/mol. The molecule has 4 rings (SSSR count). The van der Waals surface area contributed by atoms with E-state index in [4.69, 9.17) is 27.9 Å². The van der Waals surface area contributed by atoms with Gasteiger partial charge in [-0.3, -0.25) is 13.9 Å². The Bertz CT molecular complexity index is 1820. The summed E-state index contributed by atoms with van der Waals surface area (Å²) in [7, 11) is -4.40. The zero-order valence-electron chi connectivity index (χ0n) is 27.1. The maximum atomic E-state index is 14.6. The Morgan fingerprint density at radius 3 is 2.10 bits per heavy atom. The predicted molar refractivity (Wildman–Crippen MR) is 187 cm³/mol. The van der Waals surface area contributed by atoms with E-state index >= 15 is 0 Å². The Labute approximate surface area is 291 Å². The van der Waals surface area contributed by atoms with E-state index in [1.165, 1.54) is 17.0 Å². The van der Waals surface area contributed by atoms with Crippen molar-refractivity contribution < 1.29 is 27.1 Å². The van der Waals surface area contributed by atoms with Crippen LogP contribution in [-0.4, -0.2) is 49.9 Å². The van der Waals surface area contributed by atoms with Crippen molar-refractivity contribution in [1.29, 1.82) is 0 Å². The van der Waals surface area contributed by atoms with E-state index in [0.29, 0.717) is 22.9 Å². The van der Waals surface area contributed by atoms with Gasteiger partial charge in [-0.05, 0) is 99.5 Å². The van der Waals surface area contributed by atoms with Gasteiger partial charge in [-0.25, -0.2) is 12.8 Å². The predicted octanol–water partition coefficient (Wildman–Crippen LogP) is 7.28. The van der Waals surface area contributed by atoms with Crippen LogP contribution in [0.25, 0.3) is 0 Å². The average Bonchev–Trinajstić information content (AvgIpc) is 3.03. The van der Waals surface area contributed by atoms with E-state index in [1.807, 2.05) is 58.0 Å². The third-order valence-electron chi connectivity index (χ3n) is 7.22. The fourth-order valence-electron chi connectivity index (χ4n) is 4.98. The van der Waals surface area contributed by atoms with Crippen molar-refractivity contribution in [3.8, 4) is 5.75 Å². The summed E-state index contributed by atoms with van der Waals surface area (Å²) >= 11 is 12.5. The van der Waals surface area contributed by atoms with Crippen LogP contribution in [0.4, 0.5) is 10.1 Å². The second-order valence-electron chi connectivity index (χ2n) is 12.1. The maximum Gasteiger partial charge on any atom is 0.264 e. The molecule has 4 aromatic rings. The first kappa shape index (κ1) is 36.7. The van der Waals surface area contributed by atoms with Gasteiger partial charge in [0.15, 0.2) is 0 Å². The van der Waals surface area contributed by atoms with Gasteiger partial charge in [0.25, 0.3) is 10.0 Å². The topological polar surface area (TPSA) is 96.0 Å². The summed E-state index contributed by atoms with van der Waals surface area (Å²) in [5.74, 6) is -1.19. The van der Waals surface area contributed by atoms with Gasteiger partial charge in [-0.15, -0.1) is 0 Å². The van der Waals surface area contributed by atoms with Crippen LogP contribution in [0.15, 0.2) is 102 Å². The molecule has 48 heavy (non-hydrogen) atoms. The minimum Gasteiger partial charge on any atom is -0.494 e. The molecule has 254 valence electrons. The number of nitrogens with zero attached hydrogens (tertiary/aromatic N) is 2. The lowest BCUT2D eigenvalue weighted by Crippen LogP contribution is -2.56. The molecule has 0 aliphatic heterocycles. The van der Waals surface area contributed by atoms with Crippen molar-refractivity contribution >= 4 is 50.7 Å². The van der Waals surface area contributed by atoms with Crippen LogP contribution in [0.3, 0.4) is 0 Å². The lowest BCUT2D eigenvalue weighted by Gasteiger charge is -2.35. The molecule has 1 N–H and O–H groups in total. The molecule has 2 amide bonds. The number of amides is 2. The van der Waals surface area contributed by atoms with Gasteiger partial charge in [-0.1, -0.05) is 59.6 Å². The molecule has 0 spiro atoms. The van der Waals surface area contributed by atoms with E-state index in [2.05, 4.69) is 5.32 Å². The number of hydrogen-bond donors (Lipinski definition) is 1. The Morgan fingerprint density at radius 1 is 0.875 bits per heavy atom. The standard InChI is InChI=1S/C36H38Cl2FN3O5S/c1-5-47-29-16-14-28(15-17-29)42(48(45,46)30-18-12-27(39)13-19-30)24-34(43)41(23-26-11-20-31(37)32(38)21-26)33(35(44)40-36(2,3)4)22-25-9-7-6-8-10-25/h6-21,33H,5,22-24H2,1-4H3,(H,40,44)/t33-/m1/s1. The summed E-state index contributed by atoms with van der Waals surface area (Å²) < 4.78 is 48.5. The monoisotopic (exact) mass is 713 g/mol. The highest BCUT2D eigenvalue weighted by atomic mass is 35.5. The van der Waals surface area contributed by atoms with E-state index in [1.54, 1.807) is 30.3 Å². The first-order valence-electron chi connectivity index (χ1n) is 15.3. The number of hydrogen-bond acceptors (Lipinski definition) is 5. The number of anilines is 1. The molecule has 0 saturated heterocycles. The fraction of sp³-hybridized carbons (Fsp3) is 0.278. The highest BCUT2D eigenvalue weighted by Gasteiger charge is 2.35. The van der Waals surface area contributed by atoms with Crippen LogP contribution < -0.4 is 14.4 Å². The van der Waals surface area contributed by atoms with Crippen LogP contribution in [-0.2, 0) is 32.6 Å². The number of ether oxygens (including phenoxy) is 1. The van der Waals surface area contributed by atoms with Crippen LogP contribution >= 0.6 is 23.2 Å². The molecule has 0 heterocycles. The molecule has 8 nitrogen and oxygen atoms in total. The molecule has 0 radical (unpaired) electrons. The van der Waals surface area contributed by atoms with Gasteiger partial charge in [0.05, 0.1) is 27.2 Å². The Morgan fingerprint density at radius 2 is 1.52 bits per heavy atom. The quantitative estimate of drug-likeness (QED) is 0.157. The zero-order valence-corrected chi connectivity index (χ0v) is 29.4. The molecule has 0 fully saturated rings. The molecule has 0 aliphatic rings. The molecule has 0 saturated carbocycles. The number of benzene rings is 4. The van der Waals surface area contributed by atoms with Crippen molar-refractivity contribution in [2.24, 2.45) is 0 Å². The number of sulfonamides is 1. The normalized spacial score (nSPS) is 12.2. The van der Waals surface area contributed by atoms with Crippen molar-refractivity contribution in [2.45, 2.75) is 57.1 Å². The van der Waals surface area contributed by atoms with Gasteiger partial charge in [0.2, 0.25) is 11.8 Å². The first-order valence-corrected chi connectivity index (χ1v) is 17.5. The SMILES string of the molecule is CCOc1ccc(N(CC(=O)N(Cc2ccc(Cl)c(Cl)c2)[C@H](Cc2ccccc2)C(=O)NC(C)(C)C)S(=O)(=O)c2ccc(F)cc2)cc1. The molecule has 0 bridgehead atoms. The second kappa shape index (κ2) is 15.9. The summed E-state index contributed by atoms with van der Waals surface area (Å²) in [5.41, 5.74) is 0.906. The fourth-order valence-corrected chi connectivity index (χ4v) is 6.71. The van der Waals surface area contributed by atoms with Crippen molar-refractivity contribution in [2.75, 3.05) is 17.5 Å². The summed E-state index contributed by atoms with van der Waals surface area (Å²) in [5, 5.41) is 3.56. The second-order valence-corrected chi connectivity index (χ2v) is 14.8. The van der Waals surface area contributed by atoms with Crippen molar-refractivity contribution in [3.63, 3.8) is 0 Å². The molecule has 4 aromatic carbocycles. The van der Waals surface area contributed by atoms with Crippen LogP contribution in [0, 0.1) is 5.82 Å². The average molecular weight is 715 g/mol. The van der Waals surface area contributed by atoms with Gasteiger partial charge in [0.1, 0.15) is 24.2 Å². The summed E-state index contributed by atoms with van der Waals surface area (Å²) in [6.45, 7) is 6.96. The van der Waals surface area contributed by atoms with E-state index in [9.17, 15) is 22.4 Å². The van der Waals surface area contributed by atoms with Gasteiger partial charge in [-0.2, -0.15) is 0 Å². The molecule has 12 heteroatoms. The third-order valence-corrected chi connectivity index (χ3v) is 9.75. The largest absolute Gasteiger partial charge is 0.494 e. The molecule has 0 unspecified atom stereocenters. The highest BCUT2D eigenvalue weighted by molar-refractivity contribution is 7.92. The maximum absolute atomic E-state index is 14.6. The summed E-state index contributed by atoms with van der Waals surface area (Å²) in [6, 6.07) is 23.6. The molecule has 1 atom stereocenters. The lowest BCUT2D eigenvalue weighted by atomic mass is 10.0. The Hall–Kier alpha value is -4.12. The first-order chi connectivity index (χ1) is 22.7. The van der Waals surface area contributed by atoms with Gasteiger partial charge >= 0.3 is 0 Å². The van der Waals surface area contributed by atoms with Crippen LogP contribution in [0.1, 0.15) is 38.8 Å². The summed E-state index contributed by atoms with van der Waals surface area (Å²) in [4.78, 5) is 29.7. The molecular formula is C36H38Cl2FN3O5S. The van der Waals surface area contributed by atoms with E-state index in [-0.39, 0.29) is 28.6 Å². The van der Waals surface area contributed by atoms with Crippen LogP contribution in [0.5, 0.6) is 5.75 Å². The molecule has 0 aromatic heterocycles. The number of carbonyl (C=O) groups is 2. The number of carbonyl (C=O) groups excluding carboxylic acids is 2. The summed E-state index contributed by atoms with van der Waals surface area (Å²) in [6.07, 6.45) is 0.142. The Balaban J connectivity index is 1.83. The van der Waals surface area contributed by atoms with Gasteiger partial charge in [0, 0.05) is 18.5 Å². The van der Waals surface area contributed by atoms with Crippen molar-refractivity contribution in [1.82, 2.24) is 10.2 Å². The minimum atomic E-state index is -4.40. The lowest BCUT2D eigenvalue weighted by molar-refractivity contribution is -0.140. The number of rotatable bonds is 13. The van der Waals surface area contributed by atoms with E-state index in [0.717, 1.165) is 34.1 Å². The number of nitrogens with one attached hydrogen (secondary N) is 1. The molecule has 0 aliphatic carbocycles. The Kier molecular flexibility index (Phi) is 12.1. The van der Waals surface area contributed by atoms with Crippen LogP contribution in [0.2, 0.25) is 10.0 Å². The van der Waals surface area contributed by atoms with E-state index < -0.39 is 45.8 Å². The zero-order chi connectivity index (χ0) is 35.1.